The molecule has 0 aromatic heterocycles. The average Bonchev–Trinajstić information content (AvgIpc) is 3.59. The number of rotatable bonds is 6. The number of alkyl halides is 12. The molecule has 3 aromatic rings. The number of nitriles is 6. The van der Waals surface area contributed by atoms with Gasteiger partial charge in [-0.3, -0.25) is 0 Å². The number of nitrogens with zero attached hydrogens (tertiary/aromatic N) is 6. The van der Waals surface area contributed by atoms with Crippen LogP contribution in [-0.4, -0.2) is 25.4 Å². The minimum Gasteiger partial charge on any atom is -0.402 e. The van der Waals surface area contributed by atoms with Crippen molar-refractivity contribution in [1.29, 1.82) is 31.6 Å². The zero-order valence-corrected chi connectivity index (χ0v) is 27.5. The molecule has 0 radical (unpaired) electrons. The first-order chi connectivity index (χ1) is 27.0. The van der Waals surface area contributed by atoms with E-state index in [-0.39, 0.29) is 22.3 Å². The molecule has 0 saturated heterocycles. The minimum atomic E-state index is -5.61. The summed E-state index contributed by atoms with van der Waals surface area (Å²) in [6.45, 7) is 0. The summed E-state index contributed by atoms with van der Waals surface area (Å²) in [7, 11) is 0. The van der Waals surface area contributed by atoms with E-state index in [1.807, 2.05) is 0 Å². The Morgan fingerprint density at radius 1 is 0.397 bits per heavy atom. The molecule has 0 bridgehead atoms. The molecule has 0 spiro atoms. The summed E-state index contributed by atoms with van der Waals surface area (Å²) in [6, 6.07) is 14.4. The number of benzene rings is 3. The van der Waals surface area contributed by atoms with Crippen LogP contribution in [0, 0.1) is 68.0 Å². The number of hydrogen-bond acceptors (Lipinski definition) is 10. The van der Waals surface area contributed by atoms with E-state index in [2.05, 4.69) is 18.9 Å². The average molecular weight is 816 g/mol. The number of ether oxygens (including phenoxy) is 4. The predicted molar refractivity (Wildman–Crippen MR) is 167 cm³/mol. The van der Waals surface area contributed by atoms with E-state index in [0.29, 0.717) is 24.3 Å². The molecule has 5 rings (SSSR count). The standard InChI is InChI=1S/C36H8F12N6O4/c37-33(38,39)55-25-3-1-15(5-27(25)57-35(43,44)45)29-23(13-53)19-7-20-22(8-21(19)31(29)17(9-49)10-50)32(18(11-51)12-52)30(24(20)14-54)16-2-4-26(56-34(40,41)42)28(6-16)58-36(46,47)48/h1-8H. The highest BCUT2D eigenvalue weighted by atomic mass is 19.4. The van der Waals surface area contributed by atoms with Gasteiger partial charge in [0.15, 0.2) is 23.0 Å². The van der Waals surface area contributed by atoms with Crippen LogP contribution in [0.3, 0.4) is 0 Å². The third-order valence-electron chi connectivity index (χ3n) is 7.77. The van der Waals surface area contributed by atoms with Crippen molar-refractivity contribution in [2.24, 2.45) is 0 Å². The van der Waals surface area contributed by atoms with Gasteiger partial charge in [-0.1, -0.05) is 12.1 Å². The highest BCUT2D eigenvalue weighted by Crippen LogP contribution is 2.55. The third kappa shape index (κ3) is 8.13. The molecule has 0 atom stereocenters. The van der Waals surface area contributed by atoms with Crippen LogP contribution < -0.4 is 18.9 Å². The van der Waals surface area contributed by atoms with Gasteiger partial charge in [0, 0.05) is 33.4 Å². The first-order valence-electron chi connectivity index (χ1n) is 14.9. The molecular formula is C36H8F12N6O4. The van der Waals surface area contributed by atoms with Crippen molar-refractivity contribution in [1.82, 2.24) is 0 Å². The van der Waals surface area contributed by atoms with Crippen molar-refractivity contribution in [2.45, 2.75) is 25.4 Å². The predicted octanol–water partition coefficient (Wildman–Crippen LogP) is 9.78. The zero-order chi connectivity index (χ0) is 43.1. The van der Waals surface area contributed by atoms with Crippen LogP contribution in [0.1, 0.15) is 33.4 Å². The molecule has 0 saturated carbocycles. The molecule has 10 nitrogen and oxygen atoms in total. The Morgan fingerprint density at radius 2 is 0.690 bits per heavy atom. The van der Waals surface area contributed by atoms with Gasteiger partial charge in [-0.2, -0.15) is 31.6 Å². The molecule has 0 N–H and O–H groups in total. The van der Waals surface area contributed by atoms with Crippen molar-refractivity contribution in [3.63, 3.8) is 0 Å². The second-order valence-corrected chi connectivity index (χ2v) is 11.1. The fourth-order valence-corrected chi connectivity index (χ4v) is 5.97. The highest BCUT2D eigenvalue weighted by molar-refractivity contribution is 6.30. The topological polar surface area (TPSA) is 180 Å². The maximum Gasteiger partial charge on any atom is 0.573 e. The molecule has 58 heavy (non-hydrogen) atoms. The van der Waals surface area contributed by atoms with Crippen molar-refractivity contribution in [3.05, 3.63) is 93.1 Å². The first-order valence-corrected chi connectivity index (χ1v) is 14.9. The summed E-state index contributed by atoms with van der Waals surface area (Å²) in [5, 5.41) is 60.4. The smallest absolute Gasteiger partial charge is 0.402 e. The molecule has 2 aliphatic carbocycles. The van der Waals surface area contributed by atoms with Gasteiger partial charge in [0.25, 0.3) is 0 Å². The molecule has 2 aliphatic rings. The number of fused-ring (bicyclic) bond motifs is 2. The van der Waals surface area contributed by atoms with E-state index in [1.54, 1.807) is 12.1 Å². The monoisotopic (exact) mass is 816 g/mol. The van der Waals surface area contributed by atoms with Crippen LogP contribution in [0.2, 0.25) is 0 Å². The van der Waals surface area contributed by atoms with Gasteiger partial charge in [-0.15, -0.1) is 52.7 Å². The van der Waals surface area contributed by atoms with E-state index in [4.69, 9.17) is 0 Å². The molecule has 0 aliphatic heterocycles. The SMILES string of the molecule is N#CC(C#N)=C1C(c2ccc(OC(F)(F)F)c(OC(F)(F)F)c2)=C(C#N)c2cc3c(cc21)C(=C(C#N)C#N)C(c1ccc(OC(F)(F)F)c(OC(F)(F)F)c1)=C3C#N. The number of hydrogen-bond donors (Lipinski definition) is 0. The number of allylic oxidation sites excluding steroid dienone is 8. The van der Waals surface area contributed by atoms with E-state index >= 15 is 0 Å². The van der Waals surface area contributed by atoms with Crippen LogP contribution in [0.5, 0.6) is 23.0 Å². The van der Waals surface area contributed by atoms with Crippen LogP contribution in [-0.2, 0) is 0 Å². The van der Waals surface area contributed by atoms with Crippen LogP contribution in [0.4, 0.5) is 52.7 Å². The Hall–Kier alpha value is -8.08. The van der Waals surface area contributed by atoms with E-state index < -0.39 is 104 Å². The van der Waals surface area contributed by atoms with Gasteiger partial charge in [0.2, 0.25) is 0 Å². The lowest BCUT2D eigenvalue weighted by Crippen LogP contribution is -2.21. The van der Waals surface area contributed by atoms with Gasteiger partial charge in [-0.25, -0.2) is 0 Å². The Morgan fingerprint density at radius 3 is 0.966 bits per heavy atom. The van der Waals surface area contributed by atoms with Gasteiger partial charge in [0.05, 0.1) is 11.1 Å². The fraction of sp³-hybridized carbons (Fsp3) is 0.111. The van der Waals surface area contributed by atoms with Gasteiger partial charge in [0.1, 0.15) is 47.6 Å². The number of halogens is 12. The Bertz CT molecular complexity index is 2480. The summed E-state index contributed by atoms with van der Waals surface area (Å²) in [5.41, 5.74) is -7.39. The molecule has 22 heteroatoms. The lowest BCUT2D eigenvalue weighted by atomic mass is 9.89. The van der Waals surface area contributed by atoms with Crippen molar-refractivity contribution in [3.8, 4) is 59.4 Å². The maximum absolute atomic E-state index is 13.3. The van der Waals surface area contributed by atoms with E-state index in [1.165, 1.54) is 24.3 Å². The van der Waals surface area contributed by atoms with Crippen LogP contribution in [0.15, 0.2) is 59.7 Å². The molecule has 0 fully saturated rings. The lowest BCUT2D eigenvalue weighted by Gasteiger charge is -2.17. The summed E-state index contributed by atoms with van der Waals surface area (Å²) in [6.07, 6.45) is -22.3. The summed E-state index contributed by atoms with van der Waals surface area (Å²) in [5.74, 6) is -6.17. The largest absolute Gasteiger partial charge is 0.573 e. The highest BCUT2D eigenvalue weighted by Gasteiger charge is 2.41. The molecule has 3 aromatic carbocycles. The van der Waals surface area contributed by atoms with Crippen molar-refractivity contribution >= 4 is 33.4 Å². The summed E-state index contributed by atoms with van der Waals surface area (Å²) < 4.78 is 173. The first kappa shape index (κ1) is 41.1. The molecule has 0 amide bonds. The summed E-state index contributed by atoms with van der Waals surface area (Å²) in [4.78, 5) is 0. The molecule has 0 unspecified atom stereocenters. The molecule has 290 valence electrons. The third-order valence-corrected chi connectivity index (χ3v) is 7.77. The van der Waals surface area contributed by atoms with Gasteiger partial charge < -0.3 is 18.9 Å². The molecular weight excluding hydrogens is 808 g/mol. The van der Waals surface area contributed by atoms with E-state index in [0.717, 1.165) is 24.3 Å². The second-order valence-electron chi connectivity index (χ2n) is 11.1. The maximum atomic E-state index is 13.3. The zero-order valence-electron chi connectivity index (χ0n) is 27.5. The normalized spacial score (nSPS) is 13.6. The van der Waals surface area contributed by atoms with Gasteiger partial charge >= 0.3 is 25.4 Å². The Labute approximate surface area is 314 Å². The quantitative estimate of drug-likeness (QED) is 0.172. The van der Waals surface area contributed by atoms with Crippen molar-refractivity contribution < 1.29 is 71.6 Å². The fourth-order valence-electron chi connectivity index (χ4n) is 5.97. The Balaban J connectivity index is 1.87. The van der Waals surface area contributed by atoms with Gasteiger partial charge in [-0.05, 0) is 58.7 Å². The minimum absolute atomic E-state index is 0.304. The summed E-state index contributed by atoms with van der Waals surface area (Å²) >= 11 is 0. The Kier molecular flexibility index (Phi) is 10.3. The molecule has 0 heterocycles. The van der Waals surface area contributed by atoms with Crippen LogP contribution >= 0.6 is 0 Å². The van der Waals surface area contributed by atoms with Crippen LogP contribution in [0.25, 0.3) is 33.4 Å². The lowest BCUT2D eigenvalue weighted by molar-refractivity contribution is -0.287. The van der Waals surface area contributed by atoms with E-state index in [9.17, 15) is 84.3 Å². The second kappa shape index (κ2) is 14.5. The van der Waals surface area contributed by atoms with Crippen molar-refractivity contribution in [2.75, 3.05) is 0 Å².